The molecule has 1 aromatic carbocycles. The van der Waals surface area contributed by atoms with E-state index in [1.165, 1.54) is 0 Å². The van der Waals surface area contributed by atoms with Crippen LogP contribution in [0.3, 0.4) is 0 Å². The van der Waals surface area contributed by atoms with E-state index < -0.39 is 17.6 Å². The molecule has 27 heavy (non-hydrogen) atoms. The lowest BCUT2D eigenvalue weighted by molar-refractivity contribution is -0.140. The number of aromatic nitrogens is 2. The first-order valence-corrected chi connectivity index (χ1v) is 9.38. The number of carbonyl (C=O) groups is 2. The van der Waals surface area contributed by atoms with Crippen molar-refractivity contribution in [3.05, 3.63) is 60.7 Å². The summed E-state index contributed by atoms with van der Waals surface area (Å²) in [6.07, 6.45) is 12.0. The van der Waals surface area contributed by atoms with Crippen LogP contribution in [0, 0.1) is 0 Å². The maximum absolute atomic E-state index is 12.7. The van der Waals surface area contributed by atoms with Gasteiger partial charge in [-0.15, -0.1) is 0 Å². The van der Waals surface area contributed by atoms with Crippen LogP contribution in [0.4, 0.5) is 0 Å². The number of Topliss-reactive ketones (excluding diaryl/α,β-unsaturated/α-hetero) is 1. The van der Waals surface area contributed by atoms with E-state index in [2.05, 4.69) is 11.9 Å². The number of nitrogens with zero attached hydrogens (tertiary/aromatic N) is 3. The SMILES string of the molecule is CCCC=CC1C(c2cccc(O)c2)C(=O)C(=O)N1CCCn1ccnc1. The van der Waals surface area contributed by atoms with Gasteiger partial charge in [-0.3, -0.25) is 9.59 Å². The quantitative estimate of drug-likeness (QED) is 0.575. The van der Waals surface area contributed by atoms with Crippen LogP contribution >= 0.6 is 0 Å². The minimum atomic E-state index is -0.578. The highest BCUT2D eigenvalue weighted by atomic mass is 16.3. The second-order valence-electron chi connectivity index (χ2n) is 6.80. The van der Waals surface area contributed by atoms with Gasteiger partial charge >= 0.3 is 0 Å². The molecule has 1 amide bonds. The van der Waals surface area contributed by atoms with Gasteiger partial charge in [0.05, 0.1) is 18.3 Å². The molecule has 0 aliphatic carbocycles. The van der Waals surface area contributed by atoms with Gasteiger partial charge in [-0.1, -0.05) is 37.6 Å². The summed E-state index contributed by atoms with van der Waals surface area (Å²) in [5, 5.41) is 9.80. The third-order valence-corrected chi connectivity index (χ3v) is 4.85. The summed E-state index contributed by atoms with van der Waals surface area (Å²) in [6, 6.07) is 6.32. The van der Waals surface area contributed by atoms with E-state index in [1.807, 2.05) is 22.9 Å². The Morgan fingerprint density at radius 1 is 1.26 bits per heavy atom. The largest absolute Gasteiger partial charge is 0.508 e. The molecule has 1 aromatic heterocycles. The van der Waals surface area contributed by atoms with Gasteiger partial charge in [0.1, 0.15) is 5.75 Å². The molecule has 0 saturated carbocycles. The minimum Gasteiger partial charge on any atom is -0.508 e. The predicted octanol–water partition coefficient (Wildman–Crippen LogP) is 2.90. The van der Waals surface area contributed by atoms with Gasteiger partial charge < -0.3 is 14.6 Å². The average molecular weight is 367 g/mol. The second kappa shape index (κ2) is 8.66. The van der Waals surface area contributed by atoms with Gasteiger partial charge in [0.25, 0.3) is 5.91 Å². The van der Waals surface area contributed by atoms with Crippen LogP contribution in [0.1, 0.15) is 37.7 Å². The molecule has 2 heterocycles. The molecule has 1 N–H and O–H groups in total. The predicted molar refractivity (Wildman–Crippen MR) is 102 cm³/mol. The molecule has 2 aromatic rings. The molecule has 0 bridgehead atoms. The second-order valence-corrected chi connectivity index (χ2v) is 6.80. The monoisotopic (exact) mass is 367 g/mol. The Balaban J connectivity index is 1.81. The molecule has 1 aliphatic heterocycles. The van der Waals surface area contributed by atoms with Gasteiger partial charge in [-0.2, -0.15) is 0 Å². The van der Waals surface area contributed by atoms with Crippen LogP contribution in [0.5, 0.6) is 5.75 Å². The highest BCUT2D eigenvalue weighted by Crippen LogP contribution is 2.34. The molecule has 1 saturated heterocycles. The number of imidazole rings is 1. The standard InChI is InChI=1S/C21H25N3O3/c1-2-3-4-9-18-19(16-7-5-8-17(25)14-16)20(26)21(27)24(18)12-6-11-23-13-10-22-15-23/h4-5,7-10,13-15,18-19,25H,2-3,6,11-12H2,1H3. The smallest absolute Gasteiger partial charge is 0.291 e. The zero-order valence-electron chi connectivity index (χ0n) is 15.5. The molecule has 2 unspecified atom stereocenters. The Morgan fingerprint density at radius 3 is 2.81 bits per heavy atom. The van der Waals surface area contributed by atoms with Gasteiger partial charge in [0, 0.05) is 25.5 Å². The number of allylic oxidation sites excluding steroid dienone is 1. The molecule has 0 spiro atoms. The first-order valence-electron chi connectivity index (χ1n) is 9.38. The van der Waals surface area contributed by atoms with Gasteiger partial charge in [-0.05, 0) is 30.5 Å². The highest BCUT2D eigenvalue weighted by molar-refractivity contribution is 6.40. The van der Waals surface area contributed by atoms with Crippen molar-refractivity contribution >= 4 is 11.7 Å². The number of unbranched alkanes of at least 4 members (excludes halogenated alkanes) is 1. The van der Waals surface area contributed by atoms with Gasteiger partial charge in [0.2, 0.25) is 5.78 Å². The fraction of sp³-hybridized carbons (Fsp3) is 0.381. The van der Waals surface area contributed by atoms with Crippen molar-refractivity contribution in [3.8, 4) is 5.75 Å². The molecular weight excluding hydrogens is 342 g/mol. The summed E-state index contributed by atoms with van der Waals surface area (Å²) in [7, 11) is 0. The van der Waals surface area contributed by atoms with Crippen molar-refractivity contribution in [2.75, 3.05) is 6.54 Å². The molecule has 0 radical (unpaired) electrons. The summed E-state index contributed by atoms with van der Waals surface area (Å²) in [5.41, 5.74) is 0.677. The molecule has 6 heteroatoms. The lowest BCUT2D eigenvalue weighted by Gasteiger charge is -2.25. The third-order valence-electron chi connectivity index (χ3n) is 4.85. The van der Waals surface area contributed by atoms with Crippen molar-refractivity contribution in [1.29, 1.82) is 0 Å². The first-order chi connectivity index (χ1) is 13.1. The number of phenolic OH excluding ortho intramolecular Hbond substituents is 1. The van der Waals surface area contributed by atoms with E-state index in [0.717, 1.165) is 25.8 Å². The Bertz CT molecular complexity index is 814. The first kappa shape index (κ1) is 18.9. The van der Waals surface area contributed by atoms with Crippen LogP contribution < -0.4 is 0 Å². The molecule has 142 valence electrons. The summed E-state index contributed by atoms with van der Waals surface area (Å²) in [6.45, 7) is 3.32. The number of aromatic hydroxyl groups is 1. The lowest BCUT2D eigenvalue weighted by atomic mass is 9.90. The molecule has 3 rings (SSSR count). The van der Waals surface area contributed by atoms with Crippen LogP contribution in [0.2, 0.25) is 0 Å². The zero-order valence-corrected chi connectivity index (χ0v) is 15.5. The third kappa shape index (κ3) is 4.27. The number of hydrogen-bond acceptors (Lipinski definition) is 4. The molecule has 2 atom stereocenters. The zero-order chi connectivity index (χ0) is 19.2. The van der Waals surface area contributed by atoms with E-state index in [9.17, 15) is 14.7 Å². The topological polar surface area (TPSA) is 75.4 Å². The number of amides is 1. The number of aryl methyl sites for hydroxylation is 1. The van der Waals surface area contributed by atoms with Crippen LogP contribution in [-0.2, 0) is 16.1 Å². The van der Waals surface area contributed by atoms with Crippen LogP contribution in [0.15, 0.2) is 55.1 Å². The van der Waals surface area contributed by atoms with Crippen molar-refractivity contribution in [2.45, 2.75) is 44.7 Å². The maximum Gasteiger partial charge on any atom is 0.291 e. The Labute approximate surface area is 159 Å². The van der Waals surface area contributed by atoms with E-state index in [-0.39, 0.29) is 11.8 Å². The number of rotatable bonds is 8. The van der Waals surface area contributed by atoms with Crippen molar-refractivity contribution in [3.63, 3.8) is 0 Å². The summed E-state index contributed by atoms with van der Waals surface area (Å²) >= 11 is 0. The fourth-order valence-electron chi connectivity index (χ4n) is 3.52. The van der Waals surface area contributed by atoms with Crippen molar-refractivity contribution in [2.24, 2.45) is 0 Å². The van der Waals surface area contributed by atoms with Gasteiger partial charge in [0.15, 0.2) is 0 Å². The normalized spacial score (nSPS) is 20.1. The molecule has 1 fully saturated rings. The molecule has 1 aliphatic rings. The summed E-state index contributed by atoms with van der Waals surface area (Å²) < 4.78 is 1.96. The summed E-state index contributed by atoms with van der Waals surface area (Å²) in [4.78, 5) is 31.1. The van der Waals surface area contributed by atoms with Crippen LogP contribution in [0.25, 0.3) is 0 Å². The Morgan fingerprint density at radius 2 is 2.11 bits per heavy atom. The lowest BCUT2D eigenvalue weighted by Crippen LogP contribution is -2.35. The number of benzene rings is 1. The van der Waals surface area contributed by atoms with E-state index in [1.54, 1.807) is 41.7 Å². The number of phenols is 1. The number of likely N-dealkylation sites (tertiary alicyclic amines) is 1. The maximum atomic E-state index is 12.7. The minimum absolute atomic E-state index is 0.0996. The molecular formula is C21H25N3O3. The number of ketones is 1. The van der Waals surface area contributed by atoms with E-state index in [0.29, 0.717) is 12.1 Å². The van der Waals surface area contributed by atoms with Crippen molar-refractivity contribution in [1.82, 2.24) is 14.5 Å². The summed E-state index contributed by atoms with van der Waals surface area (Å²) in [5.74, 6) is -1.33. The van der Waals surface area contributed by atoms with Crippen molar-refractivity contribution < 1.29 is 14.7 Å². The van der Waals surface area contributed by atoms with Crippen LogP contribution in [-0.4, -0.2) is 43.8 Å². The number of hydrogen-bond donors (Lipinski definition) is 1. The van der Waals surface area contributed by atoms with E-state index in [4.69, 9.17) is 0 Å². The number of carbonyl (C=O) groups excluding carboxylic acids is 2. The fourth-order valence-corrected chi connectivity index (χ4v) is 3.52. The average Bonchev–Trinajstić information content (AvgIpc) is 3.24. The van der Waals surface area contributed by atoms with Gasteiger partial charge in [-0.25, -0.2) is 4.98 Å². The molecule has 6 nitrogen and oxygen atoms in total. The highest BCUT2D eigenvalue weighted by Gasteiger charge is 2.46. The Kier molecular flexibility index (Phi) is 6.06. The van der Waals surface area contributed by atoms with E-state index >= 15 is 0 Å². The Hall–Kier alpha value is -2.89.